The molecule has 2 rings (SSSR count). The maximum absolute atomic E-state index is 12.4. The van der Waals surface area contributed by atoms with Gasteiger partial charge in [0.15, 0.2) is 0 Å². The van der Waals surface area contributed by atoms with Gasteiger partial charge < -0.3 is 4.90 Å². The molecule has 3 nitrogen and oxygen atoms in total. The lowest BCUT2D eigenvalue weighted by molar-refractivity contribution is 0.0746. The van der Waals surface area contributed by atoms with Gasteiger partial charge in [0.25, 0.3) is 5.91 Å². The number of rotatable bonds is 4. The van der Waals surface area contributed by atoms with Crippen molar-refractivity contribution in [3.8, 4) is 6.07 Å². The first-order chi connectivity index (χ1) is 8.24. The topological polar surface area (TPSA) is 44.1 Å². The second kappa shape index (κ2) is 5.50. The molecule has 1 fully saturated rings. The summed E-state index contributed by atoms with van der Waals surface area (Å²) < 4.78 is 0.970. The highest BCUT2D eigenvalue weighted by molar-refractivity contribution is 14.1. The number of halogens is 1. The molecule has 1 saturated carbocycles. The third-order valence-electron chi connectivity index (χ3n) is 2.82. The van der Waals surface area contributed by atoms with Crippen LogP contribution in [0.15, 0.2) is 24.3 Å². The Bertz CT molecular complexity index is 463. The number of hydrogen-bond donors (Lipinski definition) is 0. The van der Waals surface area contributed by atoms with Gasteiger partial charge in [0.1, 0.15) is 0 Å². The van der Waals surface area contributed by atoms with Crippen LogP contribution < -0.4 is 0 Å². The van der Waals surface area contributed by atoms with Gasteiger partial charge in [-0.05, 0) is 47.6 Å². The number of carbonyl (C=O) groups is 1. The first-order valence-electron chi connectivity index (χ1n) is 5.66. The van der Waals surface area contributed by atoms with Gasteiger partial charge >= 0.3 is 0 Å². The molecule has 0 unspecified atom stereocenters. The molecular formula is C13H13IN2O. The fourth-order valence-electron chi connectivity index (χ4n) is 1.80. The van der Waals surface area contributed by atoms with Gasteiger partial charge in [-0.1, -0.05) is 12.1 Å². The minimum absolute atomic E-state index is 0.0627. The Morgan fingerprint density at radius 2 is 2.18 bits per heavy atom. The molecule has 0 saturated heterocycles. The van der Waals surface area contributed by atoms with Crippen molar-refractivity contribution in [2.75, 3.05) is 6.54 Å². The summed E-state index contributed by atoms with van der Waals surface area (Å²) in [6.07, 6.45) is 2.55. The van der Waals surface area contributed by atoms with E-state index in [0.29, 0.717) is 19.0 Å². The first kappa shape index (κ1) is 12.4. The van der Waals surface area contributed by atoms with Crippen molar-refractivity contribution in [2.45, 2.75) is 25.3 Å². The van der Waals surface area contributed by atoms with Crippen molar-refractivity contribution < 1.29 is 4.79 Å². The van der Waals surface area contributed by atoms with E-state index in [1.165, 1.54) is 0 Å². The third-order valence-corrected chi connectivity index (χ3v) is 3.76. The van der Waals surface area contributed by atoms with Crippen LogP contribution in [-0.4, -0.2) is 23.4 Å². The molecule has 0 N–H and O–H groups in total. The molecule has 0 aliphatic heterocycles. The van der Waals surface area contributed by atoms with Gasteiger partial charge in [-0.15, -0.1) is 0 Å². The van der Waals surface area contributed by atoms with Crippen molar-refractivity contribution in [1.82, 2.24) is 4.90 Å². The molecule has 1 aliphatic carbocycles. The third kappa shape index (κ3) is 2.97. The van der Waals surface area contributed by atoms with E-state index in [4.69, 9.17) is 5.26 Å². The number of benzene rings is 1. The van der Waals surface area contributed by atoms with Crippen LogP contribution in [0.25, 0.3) is 0 Å². The van der Waals surface area contributed by atoms with Gasteiger partial charge in [-0.2, -0.15) is 5.26 Å². The fourth-order valence-corrected chi connectivity index (χ4v) is 2.41. The van der Waals surface area contributed by atoms with E-state index in [2.05, 4.69) is 28.7 Å². The van der Waals surface area contributed by atoms with E-state index < -0.39 is 0 Å². The molecule has 17 heavy (non-hydrogen) atoms. The van der Waals surface area contributed by atoms with E-state index in [1.807, 2.05) is 29.2 Å². The Hall–Kier alpha value is -1.09. The molecule has 0 radical (unpaired) electrons. The summed E-state index contributed by atoms with van der Waals surface area (Å²) in [4.78, 5) is 14.2. The Morgan fingerprint density at radius 1 is 1.47 bits per heavy atom. The summed E-state index contributed by atoms with van der Waals surface area (Å²) in [6, 6.07) is 10.1. The number of nitrogens with zero attached hydrogens (tertiary/aromatic N) is 2. The highest BCUT2D eigenvalue weighted by atomic mass is 127. The Morgan fingerprint density at radius 3 is 2.76 bits per heavy atom. The first-order valence-corrected chi connectivity index (χ1v) is 6.74. The van der Waals surface area contributed by atoms with Crippen LogP contribution in [0.3, 0.4) is 0 Å². The summed E-state index contributed by atoms with van der Waals surface area (Å²) in [7, 11) is 0. The van der Waals surface area contributed by atoms with Crippen molar-refractivity contribution >= 4 is 28.5 Å². The zero-order chi connectivity index (χ0) is 12.3. The van der Waals surface area contributed by atoms with Crippen LogP contribution in [0.5, 0.6) is 0 Å². The smallest absolute Gasteiger partial charge is 0.255 e. The van der Waals surface area contributed by atoms with Crippen LogP contribution in [0.1, 0.15) is 29.6 Å². The molecule has 4 heteroatoms. The lowest BCUT2D eigenvalue weighted by Crippen LogP contribution is -2.34. The molecule has 0 bridgehead atoms. The van der Waals surface area contributed by atoms with Gasteiger partial charge in [0.05, 0.1) is 18.1 Å². The second-order valence-electron chi connectivity index (χ2n) is 4.12. The lowest BCUT2D eigenvalue weighted by atomic mass is 10.2. The minimum atomic E-state index is 0.0627. The average molecular weight is 340 g/mol. The van der Waals surface area contributed by atoms with Gasteiger partial charge in [-0.3, -0.25) is 4.79 Å². The summed E-state index contributed by atoms with van der Waals surface area (Å²) in [6.45, 7) is 0.547. The molecule has 1 aromatic rings. The van der Waals surface area contributed by atoms with E-state index in [-0.39, 0.29) is 5.91 Å². The Labute approximate surface area is 115 Å². The Balaban J connectivity index is 2.16. The molecule has 0 spiro atoms. The molecular weight excluding hydrogens is 327 g/mol. The zero-order valence-corrected chi connectivity index (χ0v) is 11.6. The minimum Gasteiger partial charge on any atom is -0.335 e. The Kier molecular flexibility index (Phi) is 4.00. The SMILES string of the molecule is N#CCCN(C(=O)c1ccccc1I)C1CC1. The van der Waals surface area contributed by atoms with Crippen LogP contribution >= 0.6 is 22.6 Å². The van der Waals surface area contributed by atoms with E-state index in [0.717, 1.165) is 22.0 Å². The largest absolute Gasteiger partial charge is 0.335 e. The number of nitriles is 1. The molecule has 1 aliphatic rings. The lowest BCUT2D eigenvalue weighted by Gasteiger charge is -2.21. The molecule has 1 amide bonds. The highest BCUT2D eigenvalue weighted by Gasteiger charge is 2.33. The number of carbonyl (C=O) groups excluding carboxylic acids is 1. The van der Waals surface area contributed by atoms with Crippen molar-refractivity contribution in [3.05, 3.63) is 33.4 Å². The van der Waals surface area contributed by atoms with Crippen LogP contribution in [0, 0.1) is 14.9 Å². The van der Waals surface area contributed by atoms with Gasteiger partial charge in [-0.25, -0.2) is 0 Å². The van der Waals surface area contributed by atoms with Crippen LogP contribution in [-0.2, 0) is 0 Å². The monoisotopic (exact) mass is 340 g/mol. The predicted octanol–water partition coefficient (Wildman–Crippen LogP) is 2.81. The van der Waals surface area contributed by atoms with E-state index in [1.54, 1.807) is 0 Å². The predicted molar refractivity (Wildman–Crippen MR) is 73.4 cm³/mol. The quantitative estimate of drug-likeness (QED) is 0.791. The van der Waals surface area contributed by atoms with Crippen LogP contribution in [0.2, 0.25) is 0 Å². The molecule has 0 heterocycles. The van der Waals surface area contributed by atoms with Crippen molar-refractivity contribution in [2.24, 2.45) is 0 Å². The van der Waals surface area contributed by atoms with Crippen molar-refractivity contribution in [3.63, 3.8) is 0 Å². The molecule has 88 valence electrons. The van der Waals surface area contributed by atoms with Crippen LogP contribution in [0.4, 0.5) is 0 Å². The van der Waals surface area contributed by atoms with Crippen molar-refractivity contribution in [1.29, 1.82) is 5.26 Å². The summed E-state index contributed by atoms with van der Waals surface area (Å²) in [5, 5.41) is 8.63. The highest BCUT2D eigenvalue weighted by Crippen LogP contribution is 2.29. The fraction of sp³-hybridized carbons (Fsp3) is 0.385. The summed E-state index contributed by atoms with van der Waals surface area (Å²) in [5.74, 6) is 0.0627. The number of amides is 1. The van der Waals surface area contributed by atoms with Gasteiger partial charge in [0, 0.05) is 16.2 Å². The van der Waals surface area contributed by atoms with E-state index >= 15 is 0 Å². The summed E-state index contributed by atoms with van der Waals surface area (Å²) in [5.41, 5.74) is 0.748. The standard InChI is InChI=1S/C13H13IN2O/c14-12-5-2-1-4-11(12)13(17)16(9-3-8-15)10-6-7-10/h1-2,4-5,10H,3,6-7,9H2. The van der Waals surface area contributed by atoms with E-state index in [9.17, 15) is 4.79 Å². The maximum Gasteiger partial charge on any atom is 0.255 e. The molecule has 1 aromatic carbocycles. The maximum atomic E-state index is 12.4. The molecule has 0 atom stereocenters. The number of hydrogen-bond acceptors (Lipinski definition) is 2. The zero-order valence-electron chi connectivity index (χ0n) is 9.40. The molecule has 0 aromatic heterocycles. The summed E-state index contributed by atoms with van der Waals surface area (Å²) >= 11 is 2.18. The average Bonchev–Trinajstić information content (AvgIpc) is 3.14. The van der Waals surface area contributed by atoms with Gasteiger partial charge in [0.2, 0.25) is 0 Å². The second-order valence-corrected chi connectivity index (χ2v) is 5.28. The normalized spacial score (nSPS) is 14.1.